The number of nitrogens with one attached hydrogen (secondary N) is 1. The molecule has 0 unspecified atom stereocenters. The standard InChI is InChI=1S/C39H49N3O8/c1-6-8-19-31(44)40-28(24-48-5)34(27-17-13-10-14-18-27)49-38(47)32-30-20-21-39(50-30)33(32)36(45)42(29(23-43)26-15-11-9-12-16-26)35(39)37(46)41(22-7-2)25(3)4/h6-7,9-18,25,28-30,32-35,43H,1-2,8,19-24H2,3-5H3,(H,40,44)/t28-,29-,30-,32+,33+,34-,35-,39+/m1/s1. The first-order chi connectivity index (χ1) is 24.1. The maximum Gasteiger partial charge on any atom is 0.313 e. The first-order valence-electron chi connectivity index (χ1n) is 17.3. The molecule has 11 nitrogen and oxygen atoms in total. The van der Waals surface area contributed by atoms with E-state index < -0.39 is 66.3 Å². The SMILES string of the molecule is C=CCCC(=O)N[C@H](COC)[C@H](OC(=O)[C@@H]1[C@H]2C(=O)N([C@H](CO)c3ccccc3)[C@H](C(=O)N(CC=C)C(C)C)[C@]23CC[C@H]1O3)c1ccccc1. The lowest BCUT2D eigenvalue weighted by Gasteiger charge is -2.40. The number of esters is 1. The third-order valence-electron chi connectivity index (χ3n) is 10.2. The van der Waals surface area contributed by atoms with Crippen molar-refractivity contribution in [3.63, 3.8) is 0 Å². The molecule has 268 valence electrons. The molecule has 3 heterocycles. The van der Waals surface area contributed by atoms with E-state index in [2.05, 4.69) is 18.5 Å². The van der Waals surface area contributed by atoms with E-state index in [0.717, 1.165) is 0 Å². The van der Waals surface area contributed by atoms with Crippen molar-refractivity contribution in [3.05, 3.63) is 97.1 Å². The molecule has 3 saturated heterocycles. The Morgan fingerprint density at radius 3 is 2.32 bits per heavy atom. The third-order valence-corrected chi connectivity index (χ3v) is 10.2. The molecule has 0 saturated carbocycles. The van der Waals surface area contributed by atoms with Gasteiger partial charge in [0.05, 0.1) is 43.2 Å². The highest BCUT2D eigenvalue weighted by molar-refractivity contribution is 5.98. The topological polar surface area (TPSA) is 135 Å². The van der Waals surface area contributed by atoms with Crippen molar-refractivity contribution in [1.82, 2.24) is 15.1 Å². The van der Waals surface area contributed by atoms with Crippen LogP contribution in [0.25, 0.3) is 0 Å². The summed E-state index contributed by atoms with van der Waals surface area (Å²) in [6.07, 6.45) is 3.18. The fraction of sp³-hybridized carbons (Fsp3) is 0.487. The van der Waals surface area contributed by atoms with E-state index in [1.165, 1.54) is 12.0 Å². The van der Waals surface area contributed by atoms with Gasteiger partial charge in [0.1, 0.15) is 17.7 Å². The van der Waals surface area contributed by atoms with Gasteiger partial charge in [-0.15, -0.1) is 13.2 Å². The largest absolute Gasteiger partial charge is 0.455 e. The van der Waals surface area contributed by atoms with Crippen LogP contribution in [0.3, 0.4) is 0 Å². The number of likely N-dealkylation sites (tertiary alicyclic amines) is 1. The fourth-order valence-corrected chi connectivity index (χ4v) is 7.98. The van der Waals surface area contributed by atoms with E-state index in [9.17, 15) is 24.3 Å². The number of aliphatic hydroxyl groups is 1. The molecule has 0 aromatic heterocycles. The summed E-state index contributed by atoms with van der Waals surface area (Å²) in [6.45, 7) is 11.2. The number of aliphatic hydroxyl groups excluding tert-OH is 1. The van der Waals surface area contributed by atoms with Gasteiger partial charge in [-0.25, -0.2) is 0 Å². The number of nitrogens with zero attached hydrogens (tertiary/aromatic N) is 2. The molecule has 50 heavy (non-hydrogen) atoms. The third kappa shape index (κ3) is 6.99. The number of fused-ring (bicyclic) bond motifs is 1. The predicted molar refractivity (Wildman–Crippen MR) is 186 cm³/mol. The molecular formula is C39H49N3O8. The van der Waals surface area contributed by atoms with Crippen molar-refractivity contribution in [3.8, 4) is 0 Å². The Hall–Kier alpha value is -4.32. The minimum atomic E-state index is -1.31. The summed E-state index contributed by atoms with van der Waals surface area (Å²) in [4.78, 5) is 59.9. The zero-order valence-corrected chi connectivity index (χ0v) is 29.1. The monoisotopic (exact) mass is 687 g/mol. The van der Waals surface area contributed by atoms with E-state index in [1.807, 2.05) is 50.2 Å². The van der Waals surface area contributed by atoms with Gasteiger partial charge in [-0.2, -0.15) is 0 Å². The van der Waals surface area contributed by atoms with Gasteiger partial charge in [0.2, 0.25) is 17.7 Å². The summed E-state index contributed by atoms with van der Waals surface area (Å²) in [5, 5.41) is 13.7. The van der Waals surface area contributed by atoms with Crippen LogP contribution in [-0.2, 0) is 33.4 Å². The average Bonchev–Trinajstić information content (AvgIpc) is 3.77. The van der Waals surface area contributed by atoms with Crippen molar-refractivity contribution in [2.45, 2.75) is 81.5 Å². The number of benzene rings is 2. The van der Waals surface area contributed by atoms with E-state index in [-0.39, 0.29) is 37.4 Å². The summed E-state index contributed by atoms with van der Waals surface area (Å²) in [6, 6.07) is 15.2. The number of amides is 3. The van der Waals surface area contributed by atoms with Crippen LogP contribution in [0.2, 0.25) is 0 Å². The van der Waals surface area contributed by atoms with Crippen LogP contribution in [0.4, 0.5) is 0 Å². The molecule has 11 heteroatoms. The van der Waals surface area contributed by atoms with Crippen LogP contribution >= 0.6 is 0 Å². The van der Waals surface area contributed by atoms with Gasteiger partial charge in [0.25, 0.3) is 0 Å². The Bertz CT molecular complexity index is 1530. The lowest BCUT2D eigenvalue weighted by atomic mass is 9.70. The molecule has 3 aliphatic rings. The van der Waals surface area contributed by atoms with Crippen molar-refractivity contribution in [2.75, 3.05) is 26.9 Å². The van der Waals surface area contributed by atoms with Crippen LogP contribution in [0.1, 0.15) is 62.8 Å². The van der Waals surface area contributed by atoms with Gasteiger partial charge in [-0.05, 0) is 44.2 Å². The number of ether oxygens (including phenoxy) is 3. The number of hydrogen-bond donors (Lipinski definition) is 2. The van der Waals surface area contributed by atoms with Crippen LogP contribution in [0.5, 0.6) is 0 Å². The minimum Gasteiger partial charge on any atom is -0.455 e. The van der Waals surface area contributed by atoms with Crippen LogP contribution in [0, 0.1) is 11.8 Å². The Kier molecular flexibility index (Phi) is 11.9. The first kappa shape index (κ1) is 36.9. The maximum absolute atomic E-state index is 14.8. The van der Waals surface area contributed by atoms with Crippen LogP contribution in [-0.4, -0.2) is 95.3 Å². The highest BCUT2D eigenvalue weighted by Crippen LogP contribution is 2.60. The molecule has 0 radical (unpaired) electrons. The van der Waals surface area contributed by atoms with Crippen molar-refractivity contribution < 1.29 is 38.5 Å². The molecule has 2 N–H and O–H groups in total. The second kappa shape index (κ2) is 16.1. The van der Waals surface area contributed by atoms with Crippen molar-refractivity contribution in [2.24, 2.45) is 11.8 Å². The number of rotatable bonds is 17. The maximum atomic E-state index is 14.8. The Labute approximate surface area is 294 Å². The molecule has 2 bridgehead atoms. The molecule has 2 aromatic rings. The van der Waals surface area contributed by atoms with Crippen molar-refractivity contribution in [1.29, 1.82) is 0 Å². The van der Waals surface area contributed by atoms with Gasteiger partial charge in [0.15, 0.2) is 0 Å². The minimum absolute atomic E-state index is 0.0531. The normalized spacial score (nSPS) is 25.5. The number of methoxy groups -OCH3 is 1. The molecule has 3 fully saturated rings. The molecule has 3 aliphatic heterocycles. The van der Waals surface area contributed by atoms with Gasteiger partial charge in [-0.3, -0.25) is 19.2 Å². The number of hydrogen-bond acceptors (Lipinski definition) is 8. The second-order valence-corrected chi connectivity index (χ2v) is 13.5. The Morgan fingerprint density at radius 1 is 1.08 bits per heavy atom. The second-order valence-electron chi connectivity index (χ2n) is 13.5. The lowest BCUT2D eigenvalue weighted by Crippen LogP contribution is -2.58. The number of carbonyl (C=O) groups excluding carboxylic acids is 4. The molecule has 8 atom stereocenters. The summed E-state index contributed by atoms with van der Waals surface area (Å²) in [7, 11) is 1.50. The summed E-state index contributed by atoms with van der Waals surface area (Å²) in [5.74, 6) is -3.74. The quantitative estimate of drug-likeness (QED) is 0.189. The van der Waals surface area contributed by atoms with Gasteiger partial charge >= 0.3 is 5.97 Å². The summed E-state index contributed by atoms with van der Waals surface area (Å²) < 4.78 is 18.4. The average molecular weight is 688 g/mol. The predicted octanol–water partition coefficient (Wildman–Crippen LogP) is 3.90. The highest BCUT2D eigenvalue weighted by atomic mass is 16.6. The molecule has 2 aromatic carbocycles. The van der Waals surface area contributed by atoms with Crippen LogP contribution in [0.15, 0.2) is 86.0 Å². The Balaban J connectivity index is 1.54. The highest BCUT2D eigenvalue weighted by Gasteiger charge is 2.76. The van der Waals surface area contributed by atoms with E-state index >= 15 is 0 Å². The number of carbonyl (C=O) groups is 4. The zero-order valence-electron chi connectivity index (χ0n) is 29.1. The molecule has 5 rings (SSSR count). The number of allylic oxidation sites excluding steroid dienone is 1. The fourth-order valence-electron chi connectivity index (χ4n) is 7.98. The first-order valence-corrected chi connectivity index (χ1v) is 17.3. The van der Waals surface area contributed by atoms with E-state index in [0.29, 0.717) is 30.4 Å². The van der Waals surface area contributed by atoms with Gasteiger partial charge in [0, 0.05) is 26.1 Å². The van der Waals surface area contributed by atoms with Crippen LogP contribution < -0.4 is 5.32 Å². The van der Waals surface area contributed by atoms with Crippen molar-refractivity contribution >= 4 is 23.7 Å². The van der Waals surface area contributed by atoms with E-state index in [1.54, 1.807) is 41.3 Å². The molecule has 0 aliphatic carbocycles. The summed E-state index contributed by atoms with van der Waals surface area (Å²) >= 11 is 0. The molecule has 3 amide bonds. The summed E-state index contributed by atoms with van der Waals surface area (Å²) in [5.41, 5.74) is -0.0177. The molecule has 1 spiro atoms. The molecular weight excluding hydrogens is 638 g/mol. The van der Waals surface area contributed by atoms with E-state index in [4.69, 9.17) is 14.2 Å². The zero-order chi connectivity index (χ0) is 36.0. The lowest BCUT2D eigenvalue weighted by molar-refractivity contribution is -0.163. The van der Waals surface area contributed by atoms with Gasteiger partial charge in [-0.1, -0.05) is 72.8 Å². The van der Waals surface area contributed by atoms with Gasteiger partial charge < -0.3 is 34.4 Å². The Morgan fingerprint density at radius 2 is 1.74 bits per heavy atom. The smallest absolute Gasteiger partial charge is 0.313 e.